The van der Waals surface area contributed by atoms with Gasteiger partial charge in [0.2, 0.25) is 0 Å². The molecule has 182 valence electrons. The molecule has 1 N–H and O–H groups in total. The van der Waals surface area contributed by atoms with Gasteiger partial charge in [-0.25, -0.2) is 14.5 Å². The molecule has 3 heterocycles. The zero-order valence-corrected chi connectivity index (χ0v) is 21.0. The van der Waals surface area contributed by atoms with Gasteiger partial charge in [-0.15, -0.1) is 10.2 Å². The van der Waals surface area contributed by atoms with E-state index in [4.69, 9.17) is 9.47 Å². The molecule has 0 aliphatic heterocycles. The third kappa shape index (κ3) is 5.05. The summed E-state index contributed by atoms with van der Waals surface area (Å²) in [7, 11) is 3.14. The van der Waals surface area contributed by atoms with Crippen molar-refractivity contribution >= 4 is 17.3 Å². The minimum absolute atomic E-state index is 0.170. The number of benzene rings is 1. The van der Waals surface area contributed by atoms with E-state index in [1.54, 1.807) is 49.5 Å². The Morgan fingerprint density at radius 3 is 2.23 bits per heavy atom. The summed E-state index contributed by atoms with van der Waals surface area (Å²) in [5, 5.41) is 8.34. The molecule has 0 aliphatic rings. The Hall–Kier alpha value is -3.70. The summed E-state index contributed by atoms with van der Waals surface area (Å²) < 4.78 is 29.4. The molecule has 0 radical (unpaired) electrons. The number of hydrogen-bond acceptors (Lipinski definition) is 9. The van der Waals surface area contributed by atoms with Crippen molar-refractivity contribution < 1.29 is 14.0 Å². The first-order valence-corrected chi connectivity index (χ1v) is 12.2. The van der Waals surface area contributed by atoms with Crippen molar-refractivity contribution in [3.05, 3.63) is 66.4 Å². The van der Waals surface area contributed by atoms with Gasteiger partial charge < -0.3 is 14.0 Å². The highest BCUT2D eigenvalue weighted by atomic mass is 32.2. The van der Waals surface area contributed by atoms with Gasteiger partial charge in [-0.05, 0) is 43.7 Å². The molecule has 4 rings (SSSR count). The minimum Gasteiger partial charge on any atom is -0.593 e. The van der Waals surface area contributed by atoms with Crippen molar-refractivity contribution in [3.63, 3.8) is 0 Å². The van der Waals surface area contributed by atoms with Crippen LogP contribution in [0.3, 0.4) is 0 Å². The first kappa shape index (κ1) is 24.4. The van der Waals surface area contributed by atoms with Crippen LogP contribution in [0.4, 0.5) is 5.95 Å². The highest BCUT2D eigenvalue weighted by molar-refractivity contribution is 7.93. The van der Waals surface area contributed by atoms with Crippen molar-refractivity contribution in [3.8, 4) is 28.7 Å². The minimum atomic E-state index is -1.55. The lowest BCUT2D eigenvalue weighted by atomic mass is 10.1. The van der Waals surface area contributed by atoms with Gasteiger partial charge in [0.15, 0.2) is 5.82 Å². The van der Waals surface area contributed by atoms with Gasteiger partial charge in [0.25, 0.3) is 5.95 Å². The topological polar surface area (TPSA) is 123 Å². The molecule has 0 fully saturated rings. The molecule has 11 heteroatoms. The van der Waals surface area contributed by atoms with Crippen LogP contribution in [0.2, 0.25) is 0 Å². The average molecular weight is 494 g/mol. The molecule has 1 aromatic carbocycles. The van der Waals surface area contributed by atoms with Gasteiger partial charge >= 0.3 is 0 Å². The largest absolute Gasteiger partial charge is 0.593 e. The van der Waals surface area contributed by atoms with Gasteiger partial charge in [-0.2, -0.15) is 4.72 Å². The highest BCUT2D eigenvalue weighted by Gasteiger charge is 2.31. The Bertz CT molecular complexity index is 1250. The Morgan fingerprint density at radius 1 is 0.943 bits per heavy atom. The second kappa shape index (κ2) is 10.7. The zero-order valence-electron chi connectivity index (χ0n) is 20.2. The summed E-state index contributed by atoms with van der Waals surface area (Å²) in [6, 6.07) is 10.9. The van der Waals surface area contributed by atoms with Crippen LogP contribution in [0.5, 0.6) is 11.5 Å². The number of para-hydroxylation sites is 1. The third-order valence-corrected chi connectivity index (χ3v) is 7.09. The monoisotopic (exact) mass is 493 g/mol. The van der Waals surface area contributed by atoms with E-state index < -0.39 is 11.4 Å². The van der Waals surface area contributed by atoms with Crippen LogP contribution in [-0.2, 0) is 11.4 Å². The predicted octanol–water partition coefficient (Wildman–Crippen LogP) is 3.71. The number of nitrogens with zero attached hydrogens (tertiary/aromatic N) is 6. The maximum Gasteiger partial charge on any atom is 0.271 e. The molecule has 0 saturated carbocycles. The maximum atomic E-state index is 13.4. The fourth-order valence-electron chi connectivity index (χ4n) is 3.49. The molecule has 3 unspecified atom stereocenters. The van der Waals surface area contributed by atoms with Gasteiger partial charge in [0.05, 0.1) is 31.5 Å². The summed E-state index contributed by atoms with van der Waals surface area (Å²) in [4.78, 5) is 13.2. The van der Waals surface area contributed by atoms with E-state index in [1.807, 2.05) is 45.0 Å². The number of methoxy groups -OCH3 is 2. The molecular weight excluding hydrogens is 466 g/mol. The quantitative estimate of drug-likeness (QED) is 0.348. The SMILES string of the molecule is COc1cccc(OC)c1-n1c(N[S+]([O-])C(C)C(C)c2ncc(C)cn2)nnc1-c1ccccn1. The second-order valence-corrected chi connectivity index (χ2v) is 9.46. The smallest absolute Gasteiger partial charge is 0.271 e. The summed E-state index contributed by atoms with van der Waals surface area (Å²) in [6.07, 6.45) is 5.18. The van der Waals surface area contributed by atoms with Gasteiger partial charge in [0, 0.05) is 18.6 Å². The standard InChI is InChI=1S/C24H27N7O3S/c1-15-13-26-22(27-14-15)16(2)17(3)35(32)30-24-29-28-23(18-9-6-7-12-25-18)31(24)21-19(33-4)10-8-11-20(21)34-5/h6-14,16-17H,1-5H3,(H,29,30). The van der Waals surface area contributed by atoms with Gasteiger partial charge in [0.1, 0.15) is 34.0 Å². The van der Waals surface area contributed by atoms with E-state index in [0.29, 0.717) is 34.5 Å². The first-order chi connectivity index (χ1) is 16.9. The fraction of sp³-hybridized carbons (Fsp3) is 0.292. The summed E-state index contributed by atoms with van der Waals surface area (Å²) in [6.45, 7) is 5.75. The Kier molecular flexibility index (Phi) is 7.47. The fourth-order valence-corrected chi connectivity index (χ4v) is 4.48. The summed E-state index contributed by atoms with van der Waals surface area (Å²) in [5.74, 6) is 2.22. The number of hydrogen-bond donors (Lipinski definition) is 1. The van der Waals surface area contributed by atoms with Crippen LogP contribution in [-0.4, -0.2) is 53.7 Å². The van der Waals surface area contributed by atoms with Crippen LogP contribution in [0.25, 0.3) is 17.2 Å². The van der Waals surface area contributed by atoms with E-state index in [2.05, 4.69) is 29.9 Å². The zero-order chi connectivity index (χ0) is 24.9. The molecule has 10 nitrogen and oxygen atoms in total. The molecule has 35 heavy (non-hydrogen) atoms. The molecule has 3 aromatic heterocycles. The number of anilines is 1. The Morgan fingerprint density at radius 2 is 1.63 bits per heavy atom. The number of ether oxygens (including phenoxy) is 2. The first-order valence-electron chi connectivity index (χ1n) is 11.0. The second-order valence-electron chi connectivity index (χ2n) is 7.92. The van der Waals surface area contributed by atoms with Crippen LogP contribution >= 0.6 is 0 Å². The lowest BCUT2D eigenvalue weighted by Crippen LogP contribution is -2.31. The Labute approximate surface area is 207 Å². The lowest BCUT2D eigenvalue weighted by Gasteiger charge is -2.23. The van der Waals surface area contributed by atoms with Crippen molar-refractivity contribution in [1.82, 2.24) is 29.7 Å². The highest BCUT2D eigenvalue weighted by Crippen LogP contribution is 2.37. The number of rotatable bonds is 9. The molecule has 0 bridgehead atoms. The predicted molar refractivity (Wildman–Crippen MR) is 134 cm³/mol. The lowest BCUT2D eigenvalue weighted by molar-refractivity contribution is 0.391. The molecule has 0 spiro atoms. The number of pyridine rings is 1. The number of aromatic nitrogens is 6. The van der Waals surface area contributed by atoms with Crippen LogP contribution in [0, 0.1) is 6.92 Å². The van der Waals surface area contributed by atoms with Crippen molar-refractivity contribution in [2.24, 2.45) is 0 Å². The van der Waals surface area contributed by atoms with Crippen LogP contribution in [0.15, 0.2) is 55.0 Å². The molecule has 4 aromatic rings. The van der Waals surface area contributed by atoms with E-state index in [1.165, 1.54) is 0 Å². The van der Waals surface area contributed by atoms with Crippen molar-refractivity contribution in [1.29, 1.82) is 0 Å². The van der Waals surface area contributed by atoms with E-state index >= 15 is 0 Å². The van der Waals surface area contributed by atoms with Gasteiger partial charge in [-0.3, -0.25) is 4.98 Å². The van der Waals surface area contributed by atoms with Crippen molar-refractivity contribution in [2.75, 3.05) is 18.9 Å². The third-order valence-electron chi connectivity index (χ3n) is 5.62. The summed E-state index contributed by atoms with van der Waals surface area (Å²) >= 11 is -1.55. The average Bonchev–Trinajstić information content (AvgIpc) is 3.30. The van der Waals surface area contributed by atoms with Crippen LogP contribution in [0.1, 0.15) is 31.2 Å². The molecule has 0 amide bonds. The molecule has 0 aliphatic carbocycles. The number of nitrogens with one attached hydrogen (secondary N) is 1. The van der Waals surface area contributed by atoms with E-state index in [0.717, 1.165) is 5.56 Å². The van der Waals surface area contributed by atoms with Crippen molar-refractivity contribution in [2.45, 2.75) is 31.9 Å². The van der Waals surface area contributed by atoms with Crippen LogP contribution < -0.4 is 14.2 Å². The van der Waals surface area contributed by atoms with Gasteiger partial charge in [-0.1, -0.05) is 19.1 Å². The summed E-state index contributed by atoms with van der Waals surface area (Å²) in [5.41, 5.74) is 2.11. The van der Waals surface area contributed by atoms with E-state index in [-0.39, 0.29) is 17.1 Å². The molecule has 3 atom stereocenters. The molecular formula is C24H27N7O3S. The number of aryl methyl sites for hydroxylation is 1. The maximum absolute atomic E-state index is 13.4. The normalized spacial score (nSPS) is 13.7. The van der Waals surface area contributed by atoms with E-state index in [9.17, 15) is 4.55 Å². The molecule has 0 saturated heterocycles. The Balaban J connectivity index is 1.75.